The molecule has 0 radical (unpaired) electrons. The minimum Gasteiger partial charge on any atom is -0.262 e. The van der Waals surface area contributed by atoms with Crippen molar-refractivity contribution in [1.29, 1.82) is 0 Å². The van der Waals surface area contributed by atoms with Gasteiger partial charge >= 0.3 is 16.0 Å². The molecule has 1 nitrogen and oxygen atoms in total. The Morgan fingerprint density at radius 2 is 1.20 bits per heavy atom. The highest BCUT2D eigenvalue weighted by atomic mass is 35.5. The minimum atomic E-state index is -4.51. The third-order valence-corrected chi connectivity index (χ3v) is 2.55. The minimum absolute atomic E-state index is 0.575. The fourth-order valence-electron chi connectivity index (χ4n) is 0.308. The standard InChI is InChI=1S/C5H3Cl5F4O/c1-2(6,7)5(13,14)15-4(10,12)3(8,9)11/h1H3. The topological polar surface area (TPSA) is 9.23 Å². The van der Waals surface area contributed by atoms with Crippen LogP contribution >= 0.6 is 58.0 Å². The lowest BCUT2D eigenvalue weighted by Crippen LogP contribution is -2.48. The zero-order valence-corrected chi connectivity index (χ0v) is 10.6. The van der Waals surface area contributed by atoms with Gasteiger partial charge in [-0.05, 0) is 18.5 Å². The summed E-state index contributed by atoms with van der Waals surface area (Å²) in [6.07, 6.45) is -4.51. The van der Waals surface area contributed by atoms with E-state index < -0.39 is 20.3 Å². The Balaban J connectivity index is 4.89. The molecule has 0 bridgehead atoms. The first-order valence-corrected chi connectivity index (χ1v) is 5.00. The molecule has 15 heavy (non-hydrogen) atoms. The molecule has 92 valence electrons. The lowest BCUT2D eigenvalue weighted by Gasteiger charge is -2.32. The molecule has 0 amide bonds. The number of halogens is 9. The van der Waals surface area contributed by atoms with Gasteiger partial charge in [-0.15, -0.1) is 0 Å². The maximum absolute atomic E-state index is 12.9. The Kier molecular flexibility index (Phi) is 4.76. The van der Waals surface area contributed by atoms with E-state index in [1.165, 1.54) is 0 Å². The highest BCUT2D eigenvalue weighted by molar-refractivity contribution is 6.51. The van der Waals surface area contributed by atoms with Crippen LogP contribution < -0.4 is 0 Å². The lowest BCUT2D eigenvalue weighted by atomic mass is 10.4. The zero-order chi connectivity index (χ0) is 12.7. The molecule has 0 aliphatic heterocycles. The molecular weight excluding hydrogens is 329 g/mol. The quantitative estimate of drug-likeness (QED) is 0.533. The first-order valence-electron chi connectivity index (χ1n) is 3.11. The van der Waals surface area contributed by atoms with E-state index in [2.05, 4.69) is 39.5 Å². The molecule has 0 N–H and O–H groups in total. The predicted octanol–water partition coefficient (Wildman–Crippen LogP) is 4.75. The van der Waals surface area contributed by atoms with Crippen LogP contribution in [0.2, 0.25) is 0 Å². The fourth-order valence-corrected chi connectivity index (χ4v) is 0.560. The van der Waals surface area contributed by atoms with Crippen molar-refractivity contribution in [2.75, 3.05) is 0 Å². The summed E-state index contributed by atoms with van der Waals surface area (Å²) < 4.78 is 47.7. The number of ether oxygens (including phenoxy) is 1. The van der Waals surface area contributed by atoms with E-state index >= 15 is 0 Å². The van der Waals surface area contributed by atoms with Gasteiger partial charge < -0.3 is 0 Å². The molecule has 0 saturated heterocycles. The monoisotopic (exact) mass is 330 g/mol. The highest BCUT2D eigenvalue weighted by Crippen LogP contribution is 2.49. The van der Waals surface area contributed by atoms with Crippen LogP contribution in [-0.2, 0) is 4.74 Å². The molecule has 1 atom stereocenters. The maximum atomic E-state index is 12.9. The van der Waals surface area contributed by atoms with Crippen molar-refractivity contribution in [1.82, 2.24) is 0 Å². The maximum Gasteiger partial charge on any atom is 0.391 e. The van der Waals surface area contributed by atoms with E-state index in [1.54, 1.807) is 0 Å². The molecule has 0 aromatic heterocycles. The summed E-state index contributed by atoms with van der Waals surface area (Å²) in [5.74, 6) is 0. The highest BCUT2D eigenvalue weighted by Gasteiger charge is 2.62. The van der Waals surface area contributed by atoms with E-state index in [1.807, 2.05) is 0 Å². The van der Waals surface area contributed by atoms with Gasteiger partial charge in [0.15, 0.2) is 0 Å². The Bertz CT molecular complexity index is 209. The van der Waals surface area contributed by atoms with Crippen molar-refractivity contribution in [2.24, 2.45) is 0 Å². The first-order chi connectivity index (χ1) is 6.21. The van der Waals surface area contributed by atoms with Crippen molar-refractivity contribution >= 4 is 58.0 Å². The number of alkyl halides is 9. The molecule has 0 aromatic rings. The summed E-state index contributed by atoms with van der Waals surface area (Å²) in [6, 6.07) is 0. The van der Waals surface area contributed by atoms with Crippen LogP contribution in [0, 0.1) is 0 Å². The van der Waals surface area contributed by atoms with E-state index in [0.717, 1.165) is 0 Å². The lowest BCUT2D eigenvalue weighted by molar-refractivity contribution is -0.318. The van der Waals surface area contributed by atoms with Crippen molar-refractivity contribution in [3.05, 3.63) is 0 Å². The van der Waals surface area contributed by atoms with Crippen LogP contribution in [-0.4, -0.2) is 20.3 Å². The Hall–Kier alpha value is 1.13. The summed E-state index contributed by atoms with van der Waals surface area (Å²) in [5.41, 5.74) is 0. The Morgan fingerprint density at radius 3 is 1.40 bits per heavy atom. The molecule has 0 saturated carbocycles. The Morgan fingerprint density at radius 1 is 0.867 bits per heavy atom. The molecule has 0 aromatic carbocycles. The van der Waals surface area contributed by atoms with Crippen LogP contribution in [0.1, 0.15) is 6.92 Å². The van der Waals surface area contributed by atoms with Gasteiger partial charge in [0.25, 0.3) is 0 Å². The third kappa shape index (κ3) is 4.13. The number of rotatable bonds is 4. The van der Waals surface area contributed by atoms with Crippen molar-refractivity contribution in [2.45, 2.75) is 27.3 Å². The Labute approximate surface area is 107 Å². The average molecular weight is 332 g/mol. The van der Waals surface area contributed by atoms with Gasteiger partial charge in [0.05, 0.1) is 0 Å². The van der Waals surface area contributed by atoms with Crippen molar-refractivity contribution in [3.8, 4) is 0 Å². The molecule has 0 aliphatic rings. The van der Waals surface area contributed by atoms with Crippen LogP contribution in [0.25, 0.3) is 0 Å². The van der Waals surface area contributed by atoms with Gasteiger partial charge in [-0.1, -0.05) is 46.4 Å². The van der Waals surface area contributed by atoms with Crippen LogP contribution in [0.3, 0.4) is 0 Å². The predicted molar refractivity (Wildman–Crippen MR) is 51.4 cm³/mol. The van der Waals surface area contributed by atoms with E-state index in [4.69, 9.17) is 23.2 Å². The van der Waals surface area contributed by atoms with Crippen molar-refractivity contribution < 1.29 is 22.3 Å². The fraction of sp³-hybridized carbons (Fsp3) is 1.00. The SMILES string of the molecule is CC(Cl)(Cl)C(F)(F)OC(F)(Cl)C(F)(Cl)Cl. The summed E-state index contributed by atoms with van der Waals surface area (Å²) in [7, 11) is 0. The molecule has 10 heteroatoms. The van der Waals surface area contributed by atoms with Gasteiger partial charge in [-0.2, -0.15) is 17.6 Å². The van der Waals surface area contributed by atoms with Crippen molar-refractivity contribution in [3.63, 3.8) is 0 Å². The summed E-state index contributed by atoms with van der Waals surface area (Å²) >= 11 is 23.5. The largest absolute Gasteiger partial charge is 0.391 e. The number of hydrogen-bond donors (Lipinski definition) is 0. The van der Waals surface area contributed by atoms with Crippen LogP contribution in [0.5, 0.6) is 0 Å². The van der Waals surface area contributed by atoms with Crippen LogP contribution in [0.15, 0.2) is 0 Å². The van der Waals surface area contributed by atoms with Gasteiger partial charge in [-0.3, -0.25) is 4.74 Å². The van der Waals surface area contributed by atoms with Gasteiger partial charge in [0, 0.05) is 0 Å². The zero-order valence-electron chi connectivity index (χ0n) is 6.81. The summed E-state index contributed by atoms with van der Waals surface area (Å²) in [6.45, 7) is 0.575. The molecule has 0 fully saturated rings. The van der Waals surface area contributed by atoms with E-state index in [-0.39, 0.29) is 0 Å². The van der Waals surface area contributed by atoms with E-state index in [9.17, 15) is 17.6 Å². The second kappa shape index (κ2) is 4.42. The molecule has 0 spiro atoms. The molecule has 0 rings (SSSR count). The molecule has 0 heterocycles. The number of hydrogen-bond acceptors (Lipinski definition) is 1. The average Bonchev–Trinajstić information content (AvgIpc) is 1.77. The first kappa shape index (κ1) is 16.1. The summed E-state index contributed by atoms with van der Waals surface area (Å²) in [4.78, 5) is 0. The molecule has 0 aliphatic carbocycles. The van der Waals surface area contributed by atoms with Gasteiger partial charge in [0.2, 0.25) is 4.33 Å². The van der Waals surface area contributed by atoms with Gasteiger partial charge in [0.1, 0.15) is 0 Å². The van der Waals surface area contributed by atoms with Gasteiger partial charge in [-0.25, -0.2) is 0 Å². The second-order valence-electron chi connectivity index (χ2n) is 2.52. The smallest absolute Gasteiger partial charge is 0.262 e. The van der Waals surface area contributed by atoms with E-state index in [0.29, 0.717) is 6.92 Å². The normalized spacial score (nSPS) is 18.8. The summed E-state index contributed by atoms with van der Waals surface area (Å²) in [5, 5.41) is -4.20. The van der Waals surface area contributed by atoms with Crippen LogP contribution in [0.4, 0.5) is 17.6 Å². The molecular formula is C5H3Cl5F4O. The second-order valence-corrected chi connectivity index (χ2v) is 5.95. The molecule has 1 unspecified atom stereocenters. The third-order valence-electron chi connectivity index (χ3n) is 1.10.